The van der Waals surface area contributed by atoms with Gasteiger partial charge in [-0.05, 0) is 0 Å². The Labute approximate surface area is 114 Å². The molecule has 0 heterocycles. The Bertz CT molecular complexity index is 249. The van der Waals surface area contributed by atoms with Crippen molar-refractivity contribution in [2.45, 2.75) is 91.4 Å². The third kappa shape index (κ3) is 2.22. The quantitative estimate of drug-likeness (QED) is 0.635. The molecule has 0 aliphatic carbocycles. The first kappa shape index (κ1) is 17.9. The van der Waals surface area contributed by atoms with E-state index in [1.54, 1.807) is 0 Å². The van der Waals surface area contributed by atoms with Gasteiger partial charge < -0.3 is 0 Å². The topological polar surface area (TPSA) is 26.3 Å². The molecule has 0 aliphatic rings. The molecule has 2 nitrogen and oxygen atoms in total. The Balaban J connectivity index is 6.10. The van der Waals surface area contributed by atoms with Gasteiger partial charge in [-0.1, -0.05) is 0 Å². The molecule has 18 heavy (non-hydrogen) atoms. The van der Waals surface area contributed by atoms with Crippen molar-refractivity contribution < 1.29 is 9.32 Å². The summed E-state index contributed by atoms with van der Waals surface area (Å²) in [6.07, 6.45) is 0.469. The van der Waals surface area contributed by atoms with Crippen LogP contribution in [0.15, 0.2) is 0 Å². The van der Waals surface area contributed by atoms with Crippen molar-refractivity contribution in [1.82, 2.24) is 0 Å². The van der Waals surface area contributed by atoms with Crippen molar-refractivity contribution in [3.63, 3.8) is 0 Å². The van der Waals surface area contributed by atoms with Gasteiger partial charge in [0.15, 0.2) is 0 Å². The van der Waals surface area contributed by atoms with Crippen molar-refractivity contribution in [3.05, 3.63) is 0 Å². The molecule has 0 saturated heterocycles. The Hall–Kier alpha value is -0.100. The Kier molecular flexibility index (Phi) is 5.87. The first-order valence-corrected chi connectivity index (χ1v) is 9.73. The van der Waals surface area contributed by atoms with Gasteiger partial charge in [-0.25, -0.2) is 0 Å². The van der Waals surface area contributed by atoms with Crippen molar-refractivity contribution in [3.8, 4) is 0 Å². The summed E-state index contributed by atoms with van der Waals surface area (Å²) in [5, 5.41) is 0. The molecule has 110 valence electrons. The predicted octanol–water partition coefficient (Wildman–Crippen LogP) is 5.04. The fraction of sp³-hybridized carbons (Fsp3) is 0.933. The summed E-state index contributed by atoms with van der Waals surface area (Å²) in [6, 6.07) is 0. The van der Waals surface area contributed by atoms with Gasteiger partial charge in [0.25, 0.3) is 0 Å². The number of carbonyl (C=O) groups is 1. The zero-order valence-corrected chi connectivity index (χ0v) is 14.7. The second-order valence-electron chi connectivity index (χ2n) is 6.51. The Morgan fingerprint density at radius 3 is 1.28 bits per heavy atom. The van der Waals surface area contributed by atoms with Crippen molar-refractivity contribution >= 4 is 12.8 Å². The van der Waals surface area contributed by atoms with Crippen LogP contribution < -0.4 is 0 Å². The van der Waals surface area contributed by atoms with Crippen LogP contribution in [0.3, 0.4) is 0 Å². The minimum absolute atomic E-state index is 0.0301. The van der Waals surface area contributed by atoms with Crippen LogP contribution >= 0.6 is 6.83 Å². The maximum absolute atomic E-state index is 12.1. The van der Waals surface area contributed by atoms with E-state index in [0.717, 1.165) is 0 Å². The molecule has 0 rings (SSSR count). The van der Waals surface area contributed by atoms with Crippen molar-refractivity contribution in [2.75, 3.05) is 0 Å². The van der Waals surface area contributed by atoms with Crippen LogP contribution in [0.4, 0.5) is 0 Å². The molecule has 0 saturated carbocycles. The van der Waals surface area contributed by atoms with Gasteiger partial charge >= 0.3 is 113 Å². The van der Waals surface area contributed by atoms with Gasteiger partial charge in [-0.3, -0.25) is 0 Å². The number of hydrogen-bond donors (Lipinski definition) is 0. The van der Waals surface area contributed by atoms with Crippen LogP contribution in [0.25, 0.3) is 0 Å². The van der Waals surface area contributed by atoms with Crippen LogP contribution in [0.1, 0.15) is 68.7 Å². The fourth-order valence-electron chi connectivity index (χ4n) is 4.30. The van der Waals surface area contributed by atoms with E-state index in [1.165, 1.54) is 0 Å². The van der Waals surface area contributed by atoms with Gasteiger partial charge in [-0.2, -0.15) is 0 Å². The molecule has 0 aromatic rings. The average Bonchev–Trinajstić information content (AvgIpc) is 2.23. The molecule has 0 N–H and O–H groups in total. The van der Waals surface area contributed by atoms with Crippen LogP contribution in [-0.2, 0) is 9.32 Å². The van der Waals surface area contributed by atoms with Gasteiger partial charge in [0.05, 0.1) is 0 Å². The molecule has 0 amide bonds. The normalized spacial score (nSPS) is 15.3. The molecule has 0 radical (unpaired) electrons. The van der Waals surface area contributed by atoms with Crippen LogP contribution in [0.2, 0.25) is 0 Å². The van der Waals surface area contributed by atoms with Crippen molar-refractivity contribution in [1.29, 1.82) is 0 Å². The van der Waals surface area contributed by atoms with Crippen molar-refractivity contribution in [2.24, 2.45) is 0 Å². The van der Waals surface area contributed by atoms with Crippen LogP contribution in [0, 0.1) is 0 Å². The molecule has 0 unspecified atom stereocenters. The molecule has 0 fully saturated rings. The first-order valence-electron chi connectivity index (χ1n) is 7.30. The number of rotatable bonds is 6. The van der Waals surface area contributed by atoms with Gasteiger partial charge in [0, 0.05) is 0 Å². The number of hydrogen-bond acceptors (Lipinski definition) is 2. The average molecular weight is 276 g/mol. The van der Waals surface area contributed by atoms with E-state index in [1.807, 2.05) is 6.92 Å². The Morgan fingerprint density at radius 2 is 1.11 bits per heavy atom. The van der Waals surface area contributed by atoms with Crippen LogP contribution in [-0.4, -0.2) is 28.6 Å². The first-order chi connectivity index (χ1) is 8.07. The fourth-order valence-corrected chi connectivity index (χ4v) is 12.9. The van der Waals surface area contributed by atoms with E-state index in [9.17, 15) is 4.79 Å². The van der Waals surface area contributed by atoms with Crippen LogP contribution in [0.5, 0.6) is 0 Å². The molecular formula is C15H33O2P. The molecule has 0 bridgehead atoms. The molecule has 0 atom stereocenters. The molecule has 0 spiro atoms. The minimum atomic E-state index is -2.58. The summed E-state index contributed by atoms with van der Waals surface area (Å²) in [5.74, 6) is -0.0301. The van der Waals surface area contributed by atoms with E-state index in [2.05, 4.69) is 55.4 Å². The summed E-state index contributed by atoms with van der Waals surface area (Å²) in [6.45, 7) is 17.2. The van der Waals surface area contributed by atoms with E-state index in [0.29, 0.717) is 29.1 Å². The Morgan fingerprint density at radius 1 is 0.833 bits per heavy atom. The maximum atomic E-state index is 12.1. The summed E-state index contributed by atoms with van der Waals surface area (Å²) in [5.41, 5.74) is 1.64. The third-order valence-corrected chi connectivity index (χ3v) is 14.5. The second-order valence-corrected chi connectivity index (χ2v) is 13.5. The summed E-state index contributed by atoms with van der Waals surface area (Å²) in [4.78, 5) is 12.1. The molecule has 3 heteroatoms. The van der Waals surface area contributed by atoms with E-state index < -0.39 is 6.83 Å². The summed E-state index contributed by atoms with van der Waals surface area (Å²) in [7, 11) is 0. The zero-order valence-electron chi connectivity index (χ0n) is 13.8. The van der Waals surface area contributed by atoms with Gasteiger partial charge in [0.1, 0.15) is 0 Å². The van der Waals surface area contributed by atoms with Gasteiger partial charge in [0.2, 0.25) is 0 Å². The summed E-state index contributed by atoms with van der Waals surface area (Å²) >= 11 is 0. The predicted molar refractivity (Wildman–Crippen MR) is 83.8 cm³/mol. The van der Waals surface area contributed by atoms with Gasteiger partial charge in [-0.15, -0.1) is 0 Å². The SMILES string of the molecule is CCC(=O)OP(C(C)C)(C(C)C)(C(C)C)C(C)C. The second kappa shape index (κ2) is 5.90. The van der Waals surface area contributed by atoms with E-state index in [4.69, 9.17) is 4.52 Å². The van der Waals surface area contributed by atoms with E-state index >= 15 is 0 Å². The molecule has 0 aromatic heterocycles. The molecule has 0 aliphatic heterocycles. The zero-order chi connectivity index (χ0) is 14.7. The molecular weight excluding hydrogens is 243 g/mol. The summed E-state index contributed by atoms with van der Waals surface area (Å²) < 4.78 is 6.31. The third-order valence-electron chi connectivity index (χ3n) is 5.02. The van der Waals surface area contributed by atoms with E-state index in [-0.39, 0.29) is 5.97 Å². The molecule has 0 aromatic carbocycles. The monoisotopic (exact) mass is 276 g/mol. The standard InChI is InChI=1S/C15H33O2P/c1-10-15(16)17-18(11(2)3,12(4)5,13(6)7)14(8)9/h11-14H,10H2,1-9H3. The number of carbonyl (C=O) groups excluding carboxylic acids is 1.